The van der Waals surface area contributed by atoms with Crippen LogP contribution in [0.4, 0.5) is 11.9 Å². The average Bonchev–Trinajstić information content (AvgIpc) is 2.54. The number of aliphatic carboxylic acids is 1. The quantitative estimate of drug-likeness (QED) is 0.407. The molecular formula is C14H22ClN5O6. The Morgan fingerprint density at radius 2 is 1.88 bits per heavy atom. The summed E-state index contributed by atoms with van der Waals surface area (Å²) in [5.41, 5.74) is 0. The fraction of sp³-hybridized carbons (Fsp3) is 0.714. The molecule has 2 rings (SSSR count). The molecule has 146 valence electrons. The second kappa shape index (κ2) is 8.27. The van der Waals surface area contributed by atoms with Crippen molar-refractivity contribution in [2.45, 2.75) is 57.5 Å². The number of hydrogen-bond donors (Lipinski definition) is 5. The third-order valence-corrected chi connectivity index (χ3v) is 3.92. The Morgan fingerprint density at radius 3 is 2.42 bits per heavy atom. The highest BCUT2D eigenvalue weighted by molar-refractivity contribution is 6.28. The molecule has 26 heavy (non-hydrogen) atoms. The highest BCUT2D eigenvalue weighted by Gasteiger charge is 2.49. The summed E-state index contributed by atoms with van der Waals surface area (Å²) in [7, 11) is 0. The van der Waals surface area contributed by atoms with Crippen molar-refractivity contribution in [2.24, 2.45) is 0 Å². The number of halogens is 1. The number of nitrogens with zero attached hydrogens (tertiary/aromatic N) is 4. The molecule has 5 atom stereocenters. The monoisotopic (exact) mass is 391 g/mol. The van der Waals surface area contributed by atoms with Crippen molar-refractivity contribution in [3.8, 4) is 0 Å². The Morgan fingerprint density at radius 1 is 1.23 bits per heavy atom. The van der Waals surface area contributed by atoms with Crippen LogP contribution in [0.5, 0.6) is 0 Å². The van der Waals surface area contributed by atoms with Crippen LogP contribution in [-0.2, 0) is 9.53 Å². The molecule has 0 aliphatic carbocycles. The molecule has 11 nitrogen and oxygen atoms in total. The maximum Gasteiger partial charge on any atom is 0.335 e. The van der Waals surface area contributed by atoms with Crippen LogP contribution in [0, 0.1) is 0 Å². The van der Waals surface area contributed by atoms with Crippen LogP contribution in [0.1, 0.15) is 20.8 Å². The minimum Gasteiger partial charge on any atom is -0.479 e. The van der Waals surface area contributed by atoms with E-state index in [2.05, 4.69) is 20.3 Å². The van der Waals surface area contributed by atoms with Crippen molar-refractivity contribution in [3.05, 3.63) is 5.28 Å². The SMILES string of the molecule is CCN(c1nc(Cl)nc(NC(C)C)n1)C1O[C@@H](C(=O)O)[C@H](O)[C@H](O)[C@@H]1O. The molecule has 1 saturated heterocycles. The van der Waals surface area contributed by atoms with Crippen LogP contribution in [-0.4, -0.2) is 84.6 Å². The fourth-order valence-electron chi connectivity index (χ4n) is 2.55. The normalized spacial score (nSPS) is 28.8. The van der Waals surface area contributed by atoms with E-state index >= 15 is 0 Å². The molecule has 5 N–H and O–H groups in total. The molecule has 0 spiro atoms. The molecule has 1 aromatic rings. The molecule has 12 heteroatoms. The van der Waals surface area contributed by atoms with E-state index in [0.717, 1.165) is 0 Å². The van der Waals surface area contributed by atoms with Crippen molar-refractivity contribution in [1.82, 2.24) is 15.0 Å². The van der Waals surface area contributed by atoms with Gasteiger partial charge in [-0.25, -0.2) is 4.79 Å². The largest absolute Gasteiger partial charge is 0.479 e. The lowest BCUT2D eigenvalue weighted by Gasteiger charge is -2.43. The summed E-state index contributed by atoms with van der Waals surface area (Å²) in [5.74, 6) is -1.26. The smallest absolute Gasteiger partial charge is 0.335 e. The van der Waals surface area contributed by atoms with Crippen LogP contribution in [0.2, 0.25) is 5.28 Å². The molecule has 1 aromatic heterocycles. The topological polar surface area (TPSA) is 161 Å². The third kappa shape index (κ3) is 4.30. The number of aliphatic hydroxyl groups excluding tert-OH is 3. The molecule has 1 unspecified atom stereocenters. The standard InChI is InChI=1S/C14H22ClN5O6/c1-4-20(14-18-12(15)17-13(19-14)16-5(2)3)10-8(23)6(21)7(22)9(26-10)11(24)25/h5-10,21-23H,4H2,1-3H3,(H,24,25)(H,16,17,18,19)/t6-,7+,8-,9+,10?/m0/s1. The second-order valence-corrected chi connectivity index (χ2v) is 6.41. The lowest BCUT2D eigenvalue weighted by molar-refractivity contribution is -0.227. The average molecular weight is 392 g/mol. The van der Waals surface area contributed by atoms with E-state index in [9.17, 15) is 25.2 Å². The van der Waals surface area contributed by atoms with E-state index < -0.39 is 36.6 Å². The predicted octanol–water partition coefficient (Wildman–Crippen LogP) is -0.936. The number of likely N-dealkylation sites (N-methyl/N-ethyl adjacent to an activating group) is 1. The zero-order valence-corrected chi connectivity index (χ0v) is 15.2. The zero-order chi connectivity index (χ0) is 19.6. The lowest BCUT2D eigenvalue weighted by atomic mass is 9.97. The minimum absolute atomic E-state index is 0.0151. The van der Waals surface area contributed by atoms with Gasteiger partial charge < -0.3 is 35.4 Å². The Balaban J connectivity index is 2.37. The van der Waals surface area contributed by atoms with Gasteiger partial charge in [0.05, 0.1) is 0 Å². The van der Waals surface area contributed by atoms with E-state index in [1.54, 1.807) is 6.92 Å². The number of ether oxygens (including phenoxy) is 1. The van der Waals surface area contributed by atoms with Crippen LogP contribution in [0.3, 0.4) is 0 Å². The maximum absolute atomic E-state index is 11.3. The van der Waals surface area contributed by atoms with Gasteiger partial charge >= 0.3 is 5.97 Å². The summed E-state index contributed by atoms with van der Waals surface area (Å²) < 4.78 is 5.31. The van der Waals surface area contributed by atoms with Crippen molar-refractivity contribution >= 4 is 29.5 Å². The van der Waals surface area contributed by atoms with Gasteiger partial charge in [-0.2, -0.15) is 15.0 Å². The van der Waals surface area contributed by atoms with Crippen LogP contribution < -0.4 is 10.2 Å². The number of carboxylic acids is 1. The van der Waals surface area contributed by atoms with Gasteiger partial charge in [-0.3, -0.25) is 0 Å². The summed E-state index contributed by atoms with van der Waals surface area (Å²) in [4.78, 5) is 24.7. The number of aliphatic hydroxyl groups is 3. The molecule has 1 aliphatic heterocycles. The Kier molecular flexibility index (Phi) is 6.53. The van der Waals surface area contributed by atoms with Gasteiger partial charge in [0.25, 0.3) is 0 Å². The molecule has 0 radical (unpaired) electrons. The first kappa shape index (κ1) is 20.5. The third-order valence-electron chi connectivity index (χ3n) is 3.75. The number of rotatable bonds is 6. The van der Waals surface area contributed by atoms with Gasteiger partial charge in [-0.15, -0.1) is 0 Å². The van der Waals surface area contributed by atoms with Crippen LogP contribution in [0.15, 0.2) is 0 Å². The number of nitrogens with one attached hydrogen (secondary N) is 1. The summed E-state index contributed by atoms with van der Waals surface area (Å²) in [5, 5.41) is 42.1. The second-order valence-electron chi connectivity index (χ2n) is 6.07. The fourth-order valence-corrected chi connectivity index (χ4v) is 2.70. The summed E-state index contributed by atoms with van der Waals surface area (Å²) in [6.45, 7) is 5.63. The number of carboxylic acid groups (broad SMARTS) is 1. The van der Waals surface area contributed by atoms with Crippen molar-refractivity contribution in [1.29, 1.82) is 0 Å². The Labute approximate surface area is 154 Å². The predicted molar refractivity (Wildman–Crippen MR) is 90.9 cm³/mol. The number of anilines is 2. The van der Waals surface area contributed by atoms with E-state index in [1.807, 2.05) is 13.8 Å². The molecule has 0 amide bonds. The molecule has 0 aromatic carbocycles. The molecule has 2 heterocycles. The van der Waals surface area contributed by atoms with Crippen LogP contribution >= 0.6 is 11.6 Å². The van der Waals surface area contributed by atoms with Gasteiger partial charge in [0.1, 0.15) is 18.3 Å². The summed E-state index contributed by atoms with van der Waals surface area (Å²) in [6, 6.07) is 0.0151. The highest BCUT2D eigenvalue weighted by atomic mass is 35.5. The van der Waals surface area contributed by atoms with Crippen molar-refractivity contribution in [2.75, 3.05) is 16.8 Å². The first-order valence-electron chi connectivity index (χ1n) is 8.02. The zero-order valence-electron chi connectivity index (χ0n) is 14.4. The molecular weight excluding hydrogens is 370 g/mol. The van der Waals surface area contributed by atoms with Crippen LogP contribution in [0.25, 0.3) is 0 Å². The minimum atomic E-state index is -1.78. The van der Waals surface area contributed by atoms with E-state index in [-0.39, 0.29) is 29.8 Å². The molecule has 1 fully saturated rings. The summed E-state index contributed by atoms with van der Waals surface area (Å²) in [6.07, 6.45) is -8.15. The van der Waals surface area contributed by atoms with Gasteiger partial charge in [0.15, 0.2) is 12.3 Å². The van der Waals surface area contributed by atoms with Crippen molar-refractivity contribution < 1.29 is 30.0 Å². The van der Waals surface area contributed by atoms with Gasteiger partial charge in [-0.1, -0.05) is 0 Å². The molecule has 0 saturated carbocycles. The number of aromatic nitrogens is 3. The van der Waals surface area contributed by atoms with Gasteiger partial charge in [0, 0.05) is 12.6 Å². The van der Waals surface area contributed by atoms with E-state index in [0.29, 0.717) is 0 Å². The number of hydrogen-bond acceptors (Lipinski definition) is 10. The maximum atomic E-state index is 11.3. The number of carbonyl (C=O) groups is 1. The van der Waals surface area contributed by atoms with Gasteiger partial charge in [-0.05, 0) is 32.4 Å². The molecule has 1 aliphatic rings. The first-order valence-corrected chi connectivity index (χ1v) is 8.40. The Bertz CT molecular complexity index is 650. The lowest BCUT2D eigenvalue weighted by Crippen LogP contribution is -2.64. The Hall–Kier alpha value is -1.79. The molecule has 0 bridgehead atoms. The highest BCUT2D eigenvalue weighted by Crippen LogP contribution is 2.27. The first-order chi connectivity index (χ1) is 12.1. The van der Waals surface area contributed by atoms with Gasteiger partial charge in [0.2, 0.25) is 17.2 Å². The summed E-state index contributed by atoms with van der Waals surface area (Å²) >= 11 is 5.93. The van der Waals surface area contributed by atoms with Crippen molar-refractivity contribution in [3.63, 3.8) is 0 Å². The van der Waals surface area contributed by atoms with E-state index in [1.165, 1.54) is 4.90 Å². The van der Waals surface area contributed by atoms with E-state index in [4.69, 9.17) is 16.3 Å².